The quantitative estimate of drug-likeness (QED) is 0.697. The van der Waals surface area contributed by atoms with E-state index < -0.39 is 0 Å². The Morgan fingerprint density at radius 2 is 2.33 bits per heavy atom. The molecule has 3 aromatic heterocycles. The Balaban J connectivity index is 1.92. The number of hydrogen-bond donors (Lipinski definition) is 0. The third-order valence-electron chi connectivity index (χ3n) is 2.58. The Bertz CT molecular complexity index is 719. The van der Waals surface area contributed by atoms with Gasteiger partial charge in [0.25, 0.3) is 0 Å². The van der Waals surface area contributed by atoms with Gasteiger partial charge in [-0.05, 0) is 22.0 Å². The summed E-state index contributed by atoms with van der Waals surface area (Å²) in [4.78, 5) is 17.3. The van der Waals surface area contributed by atoms with Crippen LogP contribution in [-0.4, -0.2) is 20.4 Å². The van der Waals surface area contributed by atoms with E-state index >= 15 is 0 Å². The van der Waals surface area contributed by atoms with Crippen LogP contribution in [-0.2, 0) is 6.42 Å². The smallest absolute Gasteiger partial charge is 0.171 e. The molecule has 0 bridgehead atoms. The molecule has 6 heteroatoms. The molecule has 0 amide bonds. The van der Waals surface area contributed by atoms with Crippen LogP contribution in [0.2, 0.25) is 0 Å². The topological polar surface area (TPSA) is 47.3 Å². The van der Waals surface area contributed by atoms with Gasteiger partial charge in [0.05, 0.1) is 23.5 Å². The fraction of sp³-hybridized carbons (Fsp3) is 0.0833. The predicted molar refractivity (Wildman–Crippen MR) is 73.0 cm³/mol. The van der Waals surface area contributed by atoms with Gasteiger partial charge in [-0.3, -0.25) is 9.78 Å². The van der Waals surface area contributed by atoms with Crippen molar-refractivity contribution in [1.29, 1.82) is 0 Å². The number of thiophene rings is 1. The van der Waals surface area contributed by atoms with E-state index in [2.05, 4.69) is 26.0 Å². The standard InChI is InChI=1S/C12H8BrN3OS/c13-8-3-9(18-7-8)4-12(17)10-5-15-16-2-1-14-6-11(10)16/h1-3,5-7H,4H2. The molecule has 0 saturated carbocycles. The van der Waals surface area contributed by atoms with Gasteiger partial charge in [0.2, 0.25) is 0 Å². The van der Waals surface area contributed by atoms with E-state index in [1.165, 1.54) is 0 Å². The zero-order valence-corrected chi connectivity index (χ0v) is 11.6. The number of aromatic nitrogens is 3. The maximum atomic E-state index is 12.2. The van der Waals surface area contributed by atoms with E-state index in [1.807, 2.05) is 11.4 Å². The molecule has 18 heavy (non-hydrogen) atoms. The largest absolute Gasteiger partial charge is 0.294 e. The number of Topliss-reactive ketones (excluding diaryl/α,β-unsaturated/α-hetero) is 1. The Morgan fingerprint density at radius 3 is 3.11 bits per heavy atom. The minimum atomic E-state index is 0.0624. The zero-order chi connectivity index (χ0) is 12.5. The molecule has 0 aromatic carbocycles. The third kappa shape index (κ3) is 2.09. The SMILES string of the molecule is O=C(Cc1cc(Br)cs1)c1cnn2ccncc12. The highest BCUT2D eigenvalue weighted by Gasteiger charge is 2.14. The second-order valence-corrected chi connectivity index (χ2v) is 5.71. The molecule has 90 valence electrons. The molecule has 3 aromatic rings. The number of hydrogen-bond acceptors (Lipinski definition) is 4. The average molecular weight is 322 g/mol. The van der Waals surface area contributed by atoms with Gasteiger partial charge in [0.15, 0.2) is 5.78 Å². The fourth-order valence-electron chi connectivity index (χ4n) is 1.75. The zero-order valence-electron chi connectivity index (χ0n) is 9.21. The van der Waals surface area contributed by atoms with Crippen LogP contribution in [0.15, 0.2) is 40.7 Å². The van der Waals surface area contributed by atoms with Crippen LogP contribution >= 0.6 is 27.3 Å². The maximum absolute atomic E-state index is 12.2. The minimum Gasteiger partial charge on any atom is -0.294 e. The van der Waals surface area contributed by atoms with Gasteiger partial charge >= 0.3 is 0 Å². The summed E-state index contributed by atoms with van der Waals surface area (Å²) in [6.07, 6.45) is 7.03. The van der Waals surface area contributed by atoms with Crippen molar-refractivity contribution in [3.63, 3.8) is 0 Å². The number of ketones is 1. The molecule has 0 fully saturated rings. The summed E-state index contributed by atoms with van der Waals surface area (Å²) in [5, 5.41) is 6.11. The second-order valence-electron chi connectivity index (χ2n) is 3.80. The van der Waals surface area contributed by atoms with Crippen molar-refractivity contribution in [2.24, 2.45) is 0 Å². The lowest BCUT2D eigenvalue weighted by Crippen LogP contribution is -2.01. The van der Waals surface area contributed by atoms with Crippen molar-refractivity contribution < 1.29 is 4.79 Å². The van der Waals surface area contributed by atoms with Gasteiger partial charge in [-0.2, -0.15) is 5.10 Å². The summed E-state index contributed by atoms with van der Waals surface area (Å²) in [7, 11) is 0. The first kappa shape index (κ1) is 11.6. The third-order valence-corrected chi connectivity index (χ3v) is 4.28. The van der Waals surface area contributed by atoms with Crippen molar-refractivity contribution in [3.8, 4) is 0 Å². The van der Waals surface area contributed by atoms with Gasteiger partial charge in [-0.1, -0.05) is 0 Å². The van der Waals surface area contributed by atoms with Crippen LogP contribution < -0.4 is 0 Å². The van der Waals surface area contributed by atoms with Gasteiger partial charge in [0.1, 0.15) is 0 Å². The highest BCUT2D eigenvalue weighted by Crippen LogP contribution is 2.22. The van der Waals surface area contributed by atoms with Crippen molar-refractivity contribution in [1.82, 2.24) is 14.6 Å². The van der Waals surface area contributed by atoms with Gasteiger partial charge < -0.3 is 0 Å². The molecule has 3 heterocycles. The number of carbonyl (C=O) groups excluding carboxylic acids is 1. The molecule has 0 unspecified atom stereocenters. The Morgan fingerprint density at radius 1 is 1.44 bits per heavy atom. The molecule has 0 spiro atoms. The molecule has 0 radical (unpaired) electrons. The monoisotopic (exact) mass is 321 g/mol. The van der Waals surface area contributed by atoms with Crippen LogP contribution in [0.4, 0.5) is 0 Å². The molecule has 0 saturated heterocycles. The first-order valence-corrected chi connectivity index (χ1v) is 6.95. The van der Waals surface area contributed by atoms with Crippen LogP contribution in [0.1, 0.15) is 15.2 Å². The molecule has 0 N–H and O–H groups in total. The summed E-state index contributed by atoms with van der Waals surface area (Å²) >= 11 is 4.95. The molecule has 4 nitrogen and oxygen atoms in total. The van der Waals surface area contributed by atoms with E-state index in [4.69, 9.17) is 0 Å². The van der Waals surface area contributed by atoms with Crippen LogP contribution in [0.5, 0.6) is 0 Å². The highest BCUT2D eigenvalue weighted by molar-refractivity contribution is 9.10. The van der Waals surface area contributed by atoms with Crippen molar-refractivity contribution in [3.05, 3.63) is 51.1 Å². The molecule has 0 aliphatic heterocycles. The molecule has 0 aliphatic rings. The van der Waals surface area contributed by atoms with Crippen LogP contribution in [0.3, 0.4) is 0 Å². The molecular weight excluding hydrogens is 314 g/mol. The Kier molecular flexibility index (Phi) is 2.97. The normalized spacial score (nSPS) is 10.9. The first-order chi connectivity index (χ1) is 8.74. The number of rotatable bonds is 3. The summed E-state index contributed by atoms with van der Waals surface area (Å²) in [5.74, 6) is 0.0624. The van der Waals surface area contributed by atoms with E-state index in [0.717, 1.165) is 14.9 Å². The predicted octanol–water partition coefficient (Wildman–Crippen LogP) is 2.98. The summed E-state index contributed by atoms with van der Waals surface area (Å²) in [6.45, 7) is 0. The second kappa shape index (κ2) is 4.62. The lowest BCUT2D eigenvalue weighted by Gasteiger charge is -1.96. The van der Waals surface area contributed by atoms with Gasteiger partial charge in [0, 0.05) is 33.5 Å². The Hall–Kier alpha value is -1.53. The molecule has 0 atom stereocenters. The van der Waals surface area contributed by atoms with Gasteiger partial charge in [-0.15, -0.1) is 11.3 Å². The Labute approximate surface area is 115 Å². The fourth-order valence-corrected chi connectivity index (χ4v) is 3.20. The van der Waals surface area contributed by atoms with E-state index in [-0.39, 0.29) is 5.78 Å². The van der Waals surface area contributed by atoms with Crippen LogP contribution in [0.25, 0.3) is 5.52 Å². The summed E-state index contributed by atoms with van der Waals surface area (Å²) < 4.78 is 2.67. The number of fused-ring (bicyclic) bond motifs is 1. The summed E-state index contributed by atoms with van der Waals surface area (Å²) in [5.41, 5.74) is 1.37. The lowest BCUT2D eigenvalue weighted by atomic mass is 10.1. The number of carbonyl (C=O) groups is 1. The van der Waals surface area contributed by atoms with Crippen molar-refractivity contribution >= 4 is 38.6 Å². The molecule has 3 rings (SSSR count). The van der Waals surface area contributed by atoms with E-state index in [9.17, 15) is 4.79 Å². The van der Waals surface area contributed by atoms with Crippen molar-refractivity contribution in [2.75, 3.05) is 0 Å². The van der Waals surface area contributed by atoms with E-state index in [0.29, 0.717) is 12.0 Å². The van der Waals surface area contributed by atoms with Crippen LogP contribution in [0, 0.1) is 0 Å². The van der Waals surface area contributed by atoms with Gasteiger partial charge in [-0.25, -0.2) is 4.52 Å². The number of halogens is 1. The molecule has 0 aliphatic carbocycles. The maximum Gasteiger partial charge on any atom is 0.171 e. The highest BCUT2D eigenvalue weighted by atomic mass is 79.9. The number of nitrogens with zero attached hydrogens (tertiary/aromatic N) is 3. The first-order valence-electron chi connectivity index (χ1n) is 5.27. The molecular formula is C12H8BrN3OS. The minimum absolute atomic E-state index is 0.0624. The summed E-state index contributed by atoms with van der Waals surface area (Å²) in [6, 6.07) is 1.96. The average Bonchev–Trinajstić information content (AvgIpc) is 2.95. The van der Waals surface area contributed by atoms with E-state index in [1.54, 1.807) is 40.6 Å². The lowest BCUT2D eigenvalue weighted by molar-refractivity contribution is 0.0995. The van der Waals surface area contributed by atoms with Crippen molar-refractivity contribution in [2.45, 2.75) is 6.42 Å².